The Bertz CT molecular complexity index is 1850. The Morgan fingerprint density at radius 3 is 2.20 bits per heavy atom. The van der Waals surface area contributed by atoms with Crippen molar-refractivity contribution in [1.29, 1.82) is 0 Å². The van der Waals surface area contributed by atoms with E-state index in [9.17, 15) is 49.5 Å². The number of fused-ring (bicyclic) bond motifs is 1. The highest BCUT2D eigenvalue weighted by Gasteiger charge is 2.39. The summed E-state index contributed by atoms with van der Waals surface area (Å²) < 4.78 is 113. The van der Waals surface area contributed by atoms with Gasteiger partial charge in [-0.25, -0.2) is 13.8 Å². The van der Waals surface area contributed by atoms with Crippen LogP contribution in [0.25, 0.3) is 16.8 Å². The van der Waals surface area contributed by atoms with Gasteiger partial charge in [-0.2, -0.15) is 26.3 Å². The first kappa shape index (κ1) is 34.1. The number of halogens is 8. The second-order valence-electron chi connectivity index (χ2n) is 10.6. The standard InChI is InChI=1S/C30H27F8N5O3/c1-5-23(30(36,37)38)40-16-11-20(31)25(21(32)12-16)27(45)41-22(15(3)44)13-17-6-7-18(26-39-8-9-43(17)26)24-19(29(33,34)35)10-14(2)42(4)28(24)46/h6-12,22-23,40H,5,13H2,1-4H3,(H,41,45)/t22-,23+/m0/s1. The molecule has 16 heteroatoms. The number of anilines is 1. The fourth-order valence-electron chi connectivity index (χ4n) is 4.96. The van der Waals surface area contributed by atoms with Crippen molar-refractivity contribution in [2.24, 2.45) is 7.05 Å². The summed E-state index contributed by atoms with van der Waals surface area (Å²) in [6.07, 6.45) is -7.74. The number of Topliss-reactive ketones (excluding diaryl/α,β-unsaturated/α-hetero) is 1. The minimum Gasteiger partial charge on any atom is -0.374 e. The smallest absolute Gasteiger partial charge is 0.374 e. The molecule has 2 N–H and O–H groups in total. The van der Waals surface area contributed by atoms with Crippen LogP contribution in [0.1, 0.15) is 47.6 Å². The maximum Gasteiger partial charge on any atom is 0.417 e. The van der Waals surface area contributed by atoms with Crippen LogP contribution in [0.15, 0.2) is 47.5 Å². The molecule has 4 aromatic rings. The number of rotatable bonds is 9. The number of carbonyl (C=O) groups is 2. The van der Waals surface area contributed by atoms with Gasteiger partial charge in [0.2, 0.25) is 0 Å². The monoisotopic (exact) mass is 657 g/mol. The van der Waals surface area contributed by atoms with Gasteiger partial charge in [0.1, 0.15) is 28.9 Å². The van der Waals surface area contributed by atoms with E-state index in [1.165, 1.54) is 49.8 Å². The molecule has 0 spiro atoms. The zero-order valence-electron chi connectivity index (χ0n) is 24.7. The van der Waals surface area contributed by atoms with Crippen molar-refractivity contribution in [2.75, 3.05) is 5.32 Å². The SMILES string of the molecule is CC[C@@H](Nc1cc(F)c(C(=O)N[C@@H](Cc2ccc(-c3c(C(F)(F)F)cc(C)n(C)c3=O)c3nccn23)C(C)=O)c(F)c1)C(F)(F)F. The number of ketones is 1. The molecule has 4 rings (SSSR count). The number of pyridine rings is 2. The third-order valence-corrected chi connectivity index (χ3v) is 7.50. The zero-order chi connectivity index (χ0) is 34.3. The topological polar surface area (TPSA) is 97.5 Å². The van der Waals surface area contributed by atoms with Gasteiger partial charge in [-0.05, 0) is 50.6 Å². The van der Waals surface area contributed by atoms with Crippen LogP contribution < -0.4 is 16.2 Å². The van der Waals surface area contributed by atoms with E-state index in [0.29, 0.717) is 12.1 Å². The predicted molar refractivity (Wildman–Crippen MR) is 151 cm³/mol. The summed E-state index contributed by atoms with van der Waals surface area (Å²) in [4.78, 5) is 42.6. The first-order valence-corrected chi connectivity index (χ1v) is 13.7. The van der Waals surface area contributed by atoms with Gasteiger partial charge in [-0.3, -0.25) is 14.4 Å². The second-order valence-corrected chi connectivity index (χ2v) is 10.6. The van der Waals surface area contributed by atoms with E-state index >= 15 is 0 Å². The first-order valence-electron chi connectivity index (χ1n) is 13.7. The van der Waals surface area contributed by atoms with Crippen molar-refractivity contribution in [3.05, 3.63) is 87.2 Å². The number of hydrogen-bond acceptors (Lipinski definition) is 5. The Labute approximate surface area is 256 Å². The molecule has 1 aromatic carbocycles. The molecule has 0 aliphatic rings. The molecule has 1 amide bonds. The summed E-state index contributed by atoms with van der Waals surface area (Å²) >= 11 is 0. The van der Waals surface area contributed by atoms with Crippen LogP contribution in [-0.2, 0) is 24.4 Å². The number of nitrogens with one attached hydrogen (secondary N) is 2. The molecule has 0 aliphatic heterocycles. The average Bonchev–Trinajstić information content (AvgIpc) is 3.43. The molecule has 0 saturated carbocycles. The summed E-state index contributed by atoms with van der Waals surface area (Å²) in [5.41, 5.74) is -4.37. The number of alkyl halides is 6. The average molecular weight is 658 g/mol. The molecule has 0 bridgehead atoms. The Morgan fingerprint density at radius 1 is 1.02 bits per heavy atom. The van der Waals surface area contributed by atoms with E-state index < -0.39 is 82.1 Å². The van der Waals surface area contributed by atoms with Gasteiger partial charge < -0.3 is 19.6 Å². The molecule has 246 valence electrons. The highest BCUT2D eigenvalue weighted by Crippen LogP contribution is 2.37. The van der Waals surface area contributed by atoms with Crippen molar-refractivity contribution < 1.29 is 44.7 Å². The number of benzene rings is 1. The van der Waals surface area contributed by atoms with E-state index in [0.717, 1.165) is 17.6 Å². The lowest BCUT2D eigenvalue weighted by Gasteiger charge is -2.22. The van der Waals surface area contributed by atoms with Crippen LogP contribution in [0.4, 0.5) is 40.8 Å². The number of aryl methyl sites for hydroxylation is 1. The Balaban J connectivity index is 1.67. The second kappa shape index (κ2) is 12.6. The molecule has 3 aromatic heterocycles. The largest absolute Gasteiger partial charge is 0.417 e. The first-order chi connectivity index (χ1) is 21.3. The van der Waals surface area contributed by atoms with E-state index in [-0.39, 0.29) is 29.0 Å². The third-order valence-electron chi connectivity index (χ3n) is 7.50. The lowest BCUT2D eigenvalue weighted by Crippen LogP contribution is -2.42. The van der Waals surface area contributed by atoms with E-state index in [4.69, 9.17) is 0 Å². The Morgan fingerprint density at radius 2 is 1.65 bits per heavy atom. The van der Waals surface area contributed by atoms with Crippen molar-refractivity contribution >= 4 is 23.0 Å². The molecule has 0 aliphatic carbocycles. The van der Waals surface area contributed by atoms with Crippen LogP contribution in [0.3, 0.4) is 0 Å². The summed E-state index contributed by atoms with van der Waals surface area (Å²) in [6.45, 7) is 3.65. The molecule has 8 nitrogen and oxygen atoms in total. The van der Waals surface area contributed by atoms with Gasteiger partial charge in [0.25, 0.3) is 11.5 Å². The zero-order valence-corrected chi connectivity index (χ0v) is 24.7. The number of amides is 1. The molecule has 0 unspecified atom stereocenters. The van der Waals surface area contributed by atoms with Crippen LogP contribution in [0.2, 0.25) is 0 Å². The number of carbonyl (C=O) groups excluding carboxylic acids is 2. The van der Waals surface area contributed by atoms with Gasteiger partial charge in [-0.1, -0.05) is 6.92 Å². The normalized spacial score (nSPS) is 13.5. The number of aromatic nitrogens is 3. The summed E-state index contributed by atoms with van der Waals surface area (Å²) in [5, 5.41) is 4.19. The summed E-state index contributed by atoms with van der Waals surface area (Å²) in [7, 11) is 1.32. The van der Waals surface area contributed by atoms with Crippen molar-refractivity contribution in [2.45, 2.75) is 58.0 Å². The van der Waals surface area contributed by atoms with Gasteiger partial charge in [0.05, 0.1) is 17.2 Å². The fraction of sp³-hybridized carbons (Fsp3) is 0.333. The molecule has 2 atom stereocenters. The van der Waals surface area contributed by atoms with E-state index in [1.807, 2.05) is 5.32 Å². The molecule has 0 fully saturated rings. The van der Waals surface area contributed by atoms with Gasteiger partial charge in [0, 0.05) is 48.5 Å². The highest BCUT2D eigenvalue weighted by molar-refractivity contribution is 5.98. The van der Waals surface area contributed by atoms with Crippen LogP contribution >= 0.6 is 0 Å². The Hall–Kier alpha value is -4.76. The van der Waals surface area contributed by atoms with Gasteiger partial charge >= 0.3 is 12.4 Å². The molecule has 46 heavy (non-hydrogen) atoms. The van der Waals surface area contributed by atoms with Gasteiger partial charge in [-0.15, -0.1) is 0 Å². The fourth-order valence-corrected chi connectivity index (χ4v) is 4.96. The van der Waals surface area contributed by atoms with E-state index in [1.54, 1.807) is 0 Å². The van der Waals surface area contributed by atoms with Crippen LogP contribution in [0.5, 0.6) is 0 Å². The molecular formula is C30H27F8N5O3. The van der Waals surface area contributed by atoms with Crippen molar-refractivity contribution in [1.82, 2.24) is 19.3 Å². The lowest BCUT2D eigenvalue weighted by atomic mass is 9.99. The minimum atomic E-state index is -4.88. The highest BCUT2D eigenvalue weighted by atomic mass is 19.4. The third kappa shape index (κ3) is 6.74. The maximum atomic E-state index is 14.8. The molecule has 3 heterocycles. The molecule has 0 radical (unpaired) electrons. The molecular weight excluding hydrogens is 630 g/mol. The Kier molecular flexibility index (Phi) is 9.32. The summed E-state index contributed by atoms with van der Waals surface area (Å²) in [5.74, 6) is -5.00. The molecule has 0 saturated heterocycles. The van der Waals surface area contributed by atoms with Crippen molar-refractivity contribution in [3.8, 4) is 11.1 Å². The predicted octanol–water partition coefficient (Wildman–Crippen LogP) is 5.99. The van der Waals surface area contributed by atoms with Crippen LogP contribution in [0, 0.1) is 18.6 Å². The number of imidazole rings is 1. The van der Waals surface area contributed by atoms with Crippen LogP contribution in [-0.4, -0.2) is 43.9 Å². The minimum absolute atomic E-state index is 0.0676. The quantitative estimate of drug-likeness (QED) is 0.216. The summed E-state index contributed by atoms with van der Waals surface area (Å²) in [6, 6.07) is 0.902. The number of hydrogen-bond donors (Lipinski definition) is 2. The maximum absolute atomic E-state index is 14.8. The van der Waals surface area contributed by atoms with E-state index in [2.05, 4.69) is 10.3 Å². The van der Waals surface area contributed by atoms with Gasteiger partial charge in [0.15, 0.2) is 5.78 Å². The lowest BCUT2D eigenvalue weighted by molar-refractivity contribution is -0.143. The van der Waals surface area contributed by atoms with Crippen molar-refractivity contribution in [3.63, 3.8) is 0 Å². The number of nitrogens with zero attached hydrogens (tertiary/aromatic N) is 3.